The zero-order chi connectivity index (χ0) is 18.4. The van der Waals surface area contributed by atoms with Crippen LogP contribution in [-0.4, -0.2) is 52.2 Å². The van der Waals surface area contributed by atoms with Crippen molar-refractivity contribution in [3.8, 4) is 0 Å². The van der Waals surface area contributed by atoms with Crippen LogP contribution in [0.15, 0.2) is 22.8 Å². The van der Waals surface area contributed by atoms with E-state index in [1.165, 1.54) is 12.8 Å². The summed E-state index contributed by atoms with van der Waals surface area (Å²) in [5.41, 5.74) is 3.08. The van der Waals surface area contributed by atoms with Crippen LogP contribution in [0.4, 0.5) is 11.6 Å². The van der Waals surface area contributed by atoms with Crippen molar-refractivity contribution < 1.29 is 9.21 Å². The molecule has 1 saturated carbocycles. The minimum atomic E-state index is -0.0409. The number of rotatable bonds is 4. The Hall–Kier alpha value is -2.58. The smallest absolute Gasteiger partial charge is 0.272 e. The Bertz CT molecular complexity index is 1000. The van der Waals surface area contributed by atoms with Gasteiger partial charge in [-0.05, 0) is 31.4 Å². The van der Waals surface area contributed by atoms with Gasteiger partial charge >= 0.3 is 0 Å². The molecule has 2 fully saturated rings. The molecule has 1 amide bonds. The molecular formula is C19H23ClN6O2. The van der Waals surface area contributed by atoms with Gasteiger partial charge in [0.05, 0.1) is 6.26 Å². The summed E-state index contributed by atoms with van der Waals surface area (Å²) in [6.45, 7) is 4.92. The lowest BCUT2D eigenvalue weighted by molar-refractivity contribution is 0.0729. The van der Waals surface area contributed by atoms with Gasteiger partial charge in [0.2, 0.25) is 0 Å². The lowest BCUT2D eigenvalue weighted by atomic mass is 10.1. The highest BCUT2D eigenvalue weighted by molar-refractivity contribution is 6.01. The second-order valence-electron chi connectivity index (χ2n) is 7.25. The lowest BCUT2D eigenvalue weighted by Gasteiger charge is -2.27. The largest absolute Gasteiger partial charge is 0.460 e. The van der Waals surface area contributed by atoms with Crippen molar-refractivity contribution in [1.82, 2.24) is 25.4 Å². The first-order valence-electron chi connectivity index (χ1n) is 9.41. The highest BCUT2D eigenvalue weighted by Crippen LogP contribution is 2.40. The predicted octanol–water partition coefficient (Wildman–Crippen LogP) is 2.95. The Morgan fingerprint density at radius 2 is 2.11 bits per heavy atom. The maximum Gasteiger partial charge on any atom is 0.272 e. The summed E-state index contributed by atoms with van der Waals surface area (Å²) in [6, 6.07) is 3.89. The highest BCUT2D eigenvalue weighted by Gasteiger charge is 2.27. The molecule has 5 rings (SSSR count). The molecule has 0 radical (unpaired) electrons. The van der Waals surface area contributed by atoms with Crippen molar-refractivity contribution in [2.24, 2.45) is 0 Å². The van der Waals surface area contributed by atoms with Gasteiger partial charge in [0.1, 0.15) is 5.69 Å². The van der Waals surface area contributed by atoms with Crippen LogP contribution in [-0.2, 0) is 0 Å². The molecule has 8 nitrogen and oxygen atoms in total. The predicted molar refractivity (Wildman–Crippen MR) is 109 cm³/mol. The van der Waals surface area contributed by atoms with Crippen molar-refractivity contribution in [1.29, 1.82) is 0 Å². The number of aromatic amines is 1. The molecular weight excluding hydrogens is 380 g/mol. The first-order chi connectivity index (χ1) is 13.2. The zero-order valence-corrected chi connectivity index (χ0v) is 16.4. The summed E-state index contributed by atoms with van der Waals surface area (Å²) < 4.78 is 5.65. The molecule has 0 unspecified atom stereocenters. The number of anilines is 2. The first-order valence-corrected chi connectivity index (χ1v) is 9.41. The van der Waals surface area contributed by atoms with E-state index in [0.29, 0.717) is 41.9 Å². The number of H-pyrrole nitrogens is 1. The topological polar surface area (TPSA) is 99.1 Å². The number of carbonyl (C=O) groups excluding carboxylic acids is 1. The molecule has 3 aromatic heterocycles. The second kappa shape index (κ2) is 7.44. The third-order valence-electron chi connectivity index (χ3n) is 5.33. The standard InChI is InChI=1S/C19H22N6O2.ClH/c1-11-13-4-9-27-17(13)18(21-15-10-14(23-24-15)12-2-3-12)22-16(11)19(26)25-7-5-20-6-8-25;/h4,9-10,12,20H,2-3,5-8H2,1H3,(H2,21,22,23,24);1H. The fourth-order valence-corrected chi connectivity index (χ4v) is 3.60. The van der Waals surface area contributed by atoms with Gasteiger partial charge in [-0.3, -0.25) is 9.89 Å². The molecule has 0 atom stereocenters. The van der Waals surface area contributed by atoms with Gasteiger partial charge in [-0.2, -0.15) is 5.10 Å². The van der Waals surface area contributed by atoms with Crippen LogP contribution in [0.2, 0.25) is 0 Å². The molecule has 1 aliphatic carbocycles. The van der Waals surface area contributed by atoms with Crippen molar-refractivity contribution in [3.05, 3.63) is 35.3 Å². The molecule has 9 heteroatoms. The number of carbonyl (C=O) groups is 1. The van der Waals surface area contributed by atoms with E-state index in [2.05, 4.69) is 25.8 Å². The maximum atomic E-state index is 13.0. The van der Waals surface area contributed by atoms with Crippen LogP contribution in [0.25, 0.3) is 11.0 Å². The number of nitrogens with one attached hydrogen (secondary N) is 3. The van der Waals surface area contributed by atoms with Gasteiger partial charge < -0.3 is 20.0 Å². The van der Waals surface area contributed by atoms with Gasteiger partial charge in [0.25, 0.3) is 5.91 Å². The van der Waals surface area contributed by atoms with Crippen molar-refractivity contribution >= 4 is 40.9 Å². The summed E-state index contributed by atoms with van der Waals surface area (Å²) >= 11 is 0. The van der Waals surface area contributed by atoms with Crippen LogP contribution < -0.4 is 10.6 Å². The maximum absolute atomic E-state index is 13.0. The van der Waals surface area contributed by atoms with Gasteiger partial charge in [-0.15, -0.1) is 12.4 Å². The molecule has 0 spiro atoms. The zero-order valence-electron chi connectivity index (χ0n) is 15.6. The van der Waals surface area contributed by atoms with Crippen LogP contribution >= 0.6 is 12.4 Å². The Morgan fingerprint density at radius 1 is 1.32 bits per heavy atom. The van der Waals surface area contributed by atoms with Gasteiger partial charge in [0, 0.05) is 49.2 Å². The van der Waals surface area contributed by atoms with Gasteiger partial charge in [0.15, 0.2) is 17.2 Å². The van der Waals surface area contributed by atoms with E-state index in [4.69, 9.17) is 4.42 Å². The van der Waals surface area contributed by atoms with Crippen LogP contribution in [0.3, 0.4) is 0 Å². The molecule has 148 valence electrons. The lowest BCUT2D eigenvalue weighted by Crippen LogP contribution is -2.46. The monoisotopic (exact) mass is 402 g/mol. The fraction of sp³-hybridized carbons (Fsp3) is 0.421. The summed E-state index contributed by atoms with van der Waals surface area (Å²) in [4.78, 5) is 19.5. The highest BCUT2D eigenvalue weighted by atomic mass is 35.5. The van der Waals surface area contributed by atoms with Crippen LogP contribution in [0.5, 0.6) is 0 Å². The number of furan rings is 1. The minimum absolute atomic E-state index is 0. The summed E-state index contributed by atoms with van der Waals surface area (Å²) in [5.74, 6) is 1.76. The summed E-state index contributed by atoms with van der Waals surface area (Å²) in [5, 5.41) is 14.8. The van der Waals surface area contributed by atoms with E-state index in [0.717, 1.165) is 29.7 Å². The Balaban J connectivity index is 0.00000192. The molecule has 1 saturated heterocycles. The fourth-order valence-electron chi connectivity index (χ4n) is 3.60. The average molecular weight is 403 g/mol. The number of nitrogens with zero attached hydrogens (tertiary/aromatic N) is 3. The van der Waals surface area contributed by atoms with Crippen molar-refractivity contribution in [2.45, 2.75) is 25.7 Å². The van der Waals surface area contributed by atoms with E-state index in [1.807, 2.05) is 24.0 Å². The van der Waals surface area contributed by atoms with Crippen LogP contribution in [0, 0.1) is 6.92 Å². The average Bonchev–Trinajstić information content (AvgIpc) is 3.23. The Morgan fingerprint density at radius 3 is 2.86 bits per heavy atom. The number of aryl methyl sites for hydroxylation is 1. The summed E-state index contributed by atoms with van der Waals surface area (Å²) in [7, 11) is 0. The molecule has 28 heavy (non-hydrogen) atoms. The van der Waals surface area contributed by atoms with E-state index in [-0.39, 0.29) is 18.3 Å². The van der Waals surface area contributed by atoms with Crippen molar-refractivity contribution in [3.63, 3.8) is 0 Å². The van der Waals surface area contributed by atoms with E-state index in [1.54, 1.807) is 6.26 Å². The number of fused-ring (bicyclic) bond motifs is 1. The SMILES string of the molecule is Cc1c(C(=O)N2CCNCC2)nc(Nc2cc(C3CC3)[nH]n2)c2occc12.Cl. The number of aromatic nitrogens is 3. The summed E-state index contributed by atoms with van der Waals surface area (Å²) in [6.07, 6.45) is 4.04. The number of halogens is 1. The minimum Gasteiger partial charge on any atom is -0.460 e. The van der Waals surface area contributed by atoms with E-state index in [9.17, 15) is 4.79 Å². The number of hydrogen-bond donors (Lipinski definition) is 3. The molecule has 1 aliphatic heterocycles. The Labute approximate surface area is 168 Å². The number of piperazine rings is 1. The molecule has 0 bridgehead atoms. The molecule has 4 heterocycles. The third-order valence-corrected chi connectivity index (χ3v) is 5.33. The van der Waals surface area contributed by atoms with Gasteiger partial charge in [-0.1, -0.05) is 0 Å². The second-order valence-corrected chi connectivity index (χ2v) is 7.25. The number of pyridine rings is 1. The van der Waals surface area contributed by atoms with Crippen LogP contribution in [0.1, 0.15) is 40.5 Å². The number of hydrogen-bond acceptors (Lipinski definition) is 6. The van der Waals surface area contributed by atoms with E-state index >= 15 is 0 Å². The molecule has 3 aromatic rings. The number of amides is 1. The quantitative estimate of drug-likeness (QED) is 0.620. The Kier molecular flexibility index (Phi) is 4.99. The molecule has 0 aromatic carbocycles. The normalized spacial score (nSPS) is 16.8. The molecule has 2 aliphatic rings. The van der Waals surface area contributed by atoms with Crippen molar-refractivity contribution in [2.75, 3.05) is 31.5 Å². The van der Waals surface area contributed by atoms with E-state index < -0.39 is 0 Å². The first kappa shape index (κ1) is 18.8. The van der Waals surface area contributed by atoms with Gasteiger partial charge in [-0.25, -0.2) is 4.98 Å². The molecule has 3 N–H and O–H groups in total. The third kappa shape index (κ3) is 3.33.